The van der Waals surface area contributed by atoms with Crippen LogP contribution in [0, 0.1) is 10.8 Å². The molecule has 12 amide bonds. The van der Waals surface area contributed by atoms with E-state index >= 15 is 4.79 Å². The van der Waals surface area contributed by atoms with Gasteiger partial charge >= 0.3 is 0 Å². The van der Waals surface area contributed by atoms with Crippen LogP contribution in [0.3, 0.4) is 0 Å². The molecule has 0 saturated carbocycles. The zero-order valence-corrected chi connectivity index (χ0v) is 74.6. The van der Waals surface area contributed by atoms with E-state index in [9.17, 15) is 71.1 Å². The first-order chi connectivity index (χ1) is 61.5. The van der Waals surface area contributed by atoms with Gasteiger partial charge in [0.25, 0.3) is 0 Å². The number of hydrogen-bond donors (Lipinski definition) is 21. The number of rotatable bonds is 53. The quantitative estimate of drug-likeness (QED) is 0.0154. The molecule has 42 nitrogen and oxygen atoms in total. The topological polar surface area (TPSA) is 650 Å². The largest absolute Gasteiger partial charge is 0.391 e. The Bertz CT molecular complexity index is 4300. The molecule has 0 radical (unpaired) electrons. The Labute approximate surface area is 747 Å². The second-order valence-electron chi connectivity index (χ2n) is 32.4. The Balaban J connectivity index is 1.03. The van der Waals surface area contributed by atoms with Crippen LogP contribution >= 0.6 is 0 Å². The first-order valence-corrected chi connectivity index (χ1v) is 46.5. The summed E-state index contributed by atoms with van der Waals surface area (Å²) in [6.45, 7) is 1.73. The monoisotopic (exact) mass is 1810 g/mol. The number of carbonyl (C=O) groups excluding carboxylic acids is 13. The number of tetrazole rings is 1. The fourth-order valence-electron chi connectivity index (χ4n) is 14.9. The first-order valence-electron chi connectivity index (χ1n) is 44.8. The maximum Gasteiger partial charge on any atom is 0.246 e. The average molecular weight is 1810 g/mol. The van der Waals surface area contributed by atoms with Crippen molar-refractivity contribution in [3.05, 3.63) is 77.7 Å². The number of guanidine groups is 2. The van der Waals surface area contributed by atoms with E-state index < -0.39 is 185 Å². The van der Waals surface area contributed by atoms with Gasteiger partial charge in [0.1, 0.15) is 60.8 Å². The lowest BCUT2D eigenvalue weighted by atomic mass is 10.0. The SMILES string of the molecule is CCCC[C@H](NC(=O)[C@H](CN)NC(=O)[C@H](CCCNC(=N)N)NC(=O)COCCOCCNC(=O)CCCS(=O)(=O)NC(=O)CCCCCCCCCCCCCCCc1nnn[nH]1)C(=O)N[C@H]1CCC(=O)NCCCC[C@@H](C(C)=O)NC(=O)[C@H](Cc2c[nH]c3ccccc23)NC(=O)[C@H](CCCNC(=N)N)NC(=O)[C@@H](Cc2ccccc2)NC(=O)[C@@H]2C[C@@H](O)CN2C1=O. The number of Topliss-reactive ketones (excluding diaryl/α,β-unsaturated/α-hetero) is 1. The van der Waals surface area contributed by atoms with Crippen molar-refractivity contribution in [2.45, 2.75) is 280 Å². The lowest BCUT2D eigenvalue weighted by molar-refractivity contribution is -0.143. The van der Waals surface area contributed by atoms with Gasteiger partial charge in [0.05, 0.1) is 37.7 Å². The number of aliphatic hydroxyl groups is 1. The summed E-state index contributed by atoms with van der Waals surface area (Å²) >= 11 is 0. The van der Waals surface area contributed by atoms with Crippen molar-refractivity contribution in [2.24, 2.45) is 17.2 Å². The van der Waals surface area contributed by atoms with Crippen LogP contribution in [0.25, 0.3) is 10.9 Å². The number of ether oxygens (including phenoxy) is 2. The molecule has 2 aromatic heterocycles. The molecule has 2 aliphatic heterocycles. The molecule has 43 heteroatoms. The molecule has 6 rings (SSSR count). The number of fused-ring (bicyclic) bond motifs is 2. The molecule has 10 atom stereocenters. The van der Waals surface area contributed by atoms with Crippen LogP contribution < -0.4 is 85.7 Å². The molecule has 0 aliphatic carbocycles. The number of benzene rings is 2. The summed E-state index contributed by atoms with van der Waals surface area (Å²) in [5.74, 6) is -10.1. The van der Waals surface area contributed by atoms with Gasteiger partial charge in [-0.3, -0.25) is 77.9 Å². The molecule has 4 aromatic rings. The van der Waals surface area contributed by atoms with E-state index in [4.69, 9.17) is 37.5 Å². The number of nitrogens with one attached hydrogen (secondary N) is 17. The number of ketones is 1. The highest BCUT2D eigenvalue weighted by atomic mass is 32.2. The summed E-state index contributed by atoms with van der Waals surface area (Å²) in [6, 6.07) is 3.04. The number of nitrogens with zero attached hydrogens (tertiary/aromatic N) is 4. The Kier molecular flexibility index (Phi) is 48.6. The number of sulfonamides is 1. The number of para-hydroxylation sites is 1. The number of aromatic nitrogens is 5. The lowest BCUT2D eigenvalue weighted by Gasteiger charge is -2.31. The highest BCUT2D eigenvalue weighted by Crippen LogP contribution is 2.24. The van der Waals surface area contributed by atoms with Crippen molar-refractivity contribution < 1.29 is 85.3 Å². The molecule has 0 unspecified atom stereocenters. The van der Waals surface area contributed by atoms with E-state index in [1.54, 1.807) is 36.5 Å². The minimum atomic E-state index is -3.95. The zero-order valence-electron chi connectivity index (χ0n) is 73.8. The van der Waals surface area contributed by atoms with Gasteiger partial charge in [-0.25, -0.2) is 13.5 Å². The Morgan fingerprint density at radius 3 is 1.91 bits per heavy atom. The van der Waals surface area contributed by atoms with Gasteiger partial charge in [0.2, 0.25) is 80.9 Å². The zero-order chi connectivity index (χ0) is 93.0. The van der Waals surface area contributed by atoms with Crippen molar-refractivity contribution >= 4 is 110 Å². The van der Waals surface area contributed by atoms with Crippen molar-refractivity contribution in [2.75, 3.05) is 71.4 Å². The van der Waals surface area contributed by atoms with Crippen LogP contribution in [0.5, 0.6) is 0 Å². The van der Waals surface area contributed by atoms with Gasteiger partial charge in [0, 0.05) is 101 Å². The molecule has 4 heterocycles. The fraction of sp³-hybridized carbons (Fsp3) is 0.647. The van der Waals surface area contributed by atoms with Gasteiger partial charge in [0.15, 0.2) is 17.7 Å². The molecule has 128 heavy (non-hydrogen) atoms. The number of aryl methyl sites for hydroxylation is 1. The van der Waals surface area contributed by atoms with Gasteiger partial charge in [-0.1, -0.05) is 139 Å². The number of H-pyrrole nitrogens is 2. The summed E-state index contributed by atoms with van der Waals surface area (Å²) in [5, 5.41) is 73.6. The highest BCUT2D eigenvalue weighted by Gasteiger charge is 2.44. The summed E-state index contributed by atoms with van der Waals surface area (Å²) in [7, 11) is -3.95. The van der Waals surface area contributed by atoms with Crippen molar-refractivity contribution in [3.63, 3.8) is 0 Å². The normalized spacial score (nSPS) is 18.9. The van der Waals surface area contributed by atoms with Gasteiger partial charge < -0.3 is 105 Å². The van der Waals surface area contributed by atoms with Gasteiger partial charge in [-0.15, -0.1) is 5.10 Å². The molecular formula is C85H136N24O18S. The summed E-state index contributed by atoms with van der Waals surface area (Å²) in [4.78, 5) is 188. The molecule has 2 saturated heterocycles. The van der Waals surface area contributed by atoms with Gasteiger partial charge in [-0.2, -0.15) is 0 Å². The average Bonchev–Trinajstić information content (AvgIpc) is 1.57. The van der Waals surface area contributed by atoms with E-state index in [0.717, 1.165) is 66.6 Å². The van der Waals surface area contributed by atoms with E-state index in [1.165, 1.54) is 45.4 Å². The number of nitrogens with two attached hydrogens (primary N) is 3. The van der Waals surface area contributed by atoms with E-state index in [-0.39, 0.29) is 141 Å². The molecule has 2 fully saturated rings. The van der Waals surface area contributed by atoms with Gasteiger partial charge in [-0.05, 0) is 112 Å². The lowest BCUT2D eigenvalue weighted by Crippen LogP contribution is -2.61. The van der Waals surface area contributed by atoms with Crippen LogP contribution in [-0.2, 0) is 101 Å². The smallest absolute Gasteiger partial charge is 0.246 e. The minimum absolute atomic E-state index is 0.0289. The van der Waals surface area contributed by atoms with Crippen LogP contribution in [-0.4, -0.2) is 265 Å². The summed E-state index contributed by atoms with van der Waals surface area (Å²) in [6.07, 6.45) is 15.3. The Morgan fingerprint density at radius 2 is 1.23 bits per heavy atom. The standard InChI is InChI=1S/C85H136N24O18S/c1-3-4-31-64(99-81(121)69(52-86)103-76(116)63(34-25-42-93-84(87)88)96-75(115)55-127-47-46-126-45-44-92-72(112)38-27-48-128(124,125)106-74(114)37-20-15-13-11-9-7-5-6-8-10-12-14-19-36-71-104-107-108-105-71)77(117)100-66-39-40-73(113)91-41-24-23-32-61(56(2)110)97-80(120)68(50-58-53-95-62-33-22-21-30-60(58)62)101-78(118)65(35-26-43-94-85(89)90)98-79(119)67(49-57-28-17-16-18-29-57)102-82(122)70-51-59(111)54-109(70)83(66)123/h16-18,21-22,28-30,33,53,59,61,63-70,95,111H,3-15,19-20,23-27,31-32,34-52,54-55,86H2,1-2H3,(H,91,113)(H,92,112)(H,96,115)(H,97,120)(H,98,119)(H,99,121)(H,100,117)(H,101,118)(H,102,122)(H,103,116)(H,106,114)(H4,87,88,93)(H4,89,90,94)(H,104,105,107,108)/t59-,61+,63+,64+,65+,66+,67-,68+,69+,70+/m1/s1. The van der Waals surface area contributed by atoms with Crippen LogP contribution in [0.4, 0.5) is 0 Å². The molecule has 0 bridgehead atoms. The molecule has 2 aliphatic rings. The number of aromatic amines is 2. The number of amides is 12. The number of carbonyl (C=O) groups is 13. The predicted octanol–water partition coefficient (Wildman–Crippen LogP) is -0.269. The van der Waals surface area contributed by atoms with E-state index in [2.05, 4.69) is 94.1 Å². The molecule has 710 valence electrons. The first kappa shape index (κ1) is 105. The van der Waals surface area contributed by atoms with Crippen LogP contribution in [0.15, 0.2) is 60.8 Å². The number of aliphatic hydroxyl groups excluding tert-OH is 1. The predicted molar refractivity (Wildman–Crippen MR) is 476 cm³/mol. The second-order valence-corrected chi connectivity index (χ2v) is 34.3. The Morgan fingerprint density at radius 1 is 0.625 bits per heavy atom. The maximum absolute atomic E-state index is 15.3. The third kappa shape index (κ3) is 41.2. The highest BCUT2D eigenvalue weighted by molar-refractivity contribution is 7.90. The van der Waals surface area contributed by atoms with Crippen molar-refractivity contribution in [1.29, 1.82) is 10.8 Å². The second kappa shape index (κ2) is 58.9. The van der Waals surface area contributed by atoms with Crippen LogP contribution in [0.2, 0.25) is 0 Å². The molecule has 24 N–H and O–H groups in total. The summed E-state index contributed by atoms with van der Waals surface area (Å²) in [5.41, 5.74) is 19.2. The fourth-order valence-corrected chi connectivity index (χ4v) is 16.0. The minimum Gasteiger partial charge on any atom is -0.391 e. The third-order valence-electron chi connectivity index (χ3n) is 21.9. The Hall–Kier alpha value is -11.3. The molecular weight excluding hydrogens is 1680 g/mol. The number of unbranched alkanes of at least 4 members (excludes halogenated alkanes) is 13. The van der Waals surface area contributed by atoms with Crippen molar-refractivity contribution in [1.82, 2.24) is 99.0 Å². The molecule has 0 spiro atoms. The molecule has 2 aromatic carbocycles. The third-order valence-corrected chi connectivity index (χ3v) is 23.3. The van der Waals surface area contributed by atoms with E-state index in [1.807, 2.05) is 31.2 Å². The van der Waals surface area contributed by atoms with E-state index in [0.29, 0.717) is 36.8 Å². The summed E-state index contributed by atoms with van der Waals surface area (Å²) < 4.78 is 38.3. The van der Waals surface area contributed by atoms with Crippen LogP contribution in [0.1, 0.15) is 217 Å². The maximum atomic E-state index is 15.3. The number of hydrogen-bond acceptors (Lipinski definition) is 24. The van der Waals surface area contributed by atoms with Crippen molar-refractivity contribution in [3.8, 4) is 0 Å².